The third-order valence-electron chi connectivity index (χ3n) is 4.09. The maximum absolute atomic E-state index is 5.56. The average Bonchev–Trinajstić information content (AvgIpc) is 2.89. The maximum Gasteiger partial charge on any atom is 0.205 e. The molecule has 0 aliphatic rings. The summed E-state index contributed by atoms with van der Waals surface area (Å²) >= 11 is 0. The molecular weight excluding hydrogens is 278 g/mol. The Kier molecular flexibility index (Phi) is 3.61. The second kappa shape index (κ2) is 5.44. The van der Waals surface area contributed by atoms with Crippen LogP contribution in [0.3, 0.4) is 0 Å². The van der Waals surface area contributed by atoms with Gasteiger partial charge in [-0.25, -0.2) is 0 Å². The van der Waals surface area contributed by atoms with Crippen LogP contribution < -0.4 is 14.2 Å². The molecule has 0 bridgehead atoms. The Bertz CT molecular complexity index is 833. The zero-order valence-corrected chi connectivity index (χ0v) is 13.6. The lowest BCUT2D eigenvalue weighted by Gasteiger charge is -2.12. The van der Waals surface area contributed by atoms with E-state index in [2.05, 4.69) is 37.0 Å². The molecule has 116 valence electrons. The monoisotopic (exact) mass is 299 g/mol. The first-order chi connectivity index (χ1) is 10.6. The zero-order valence-electron chi connectivity index (χ0n) is 13.6. The summed E-state index contributed by atoms with van der Waals surface area (Å²) in [6.07, 6.45) is 0. The van der Waals surface area contributed by atoms with Crippen molar-refractivity contribution in [1.29, 1.82) is 0 Å². The van der Waals surface area contributed by atoms with Crippen molar-refractivity contribution in [3.63, 3.8) is 0 Å². The first-order valence-electron chi connectivity index (χ1n) is 7.35. The topological polar surface area (TPSA) is 43.5 Å². The molecule has 0 saturated carbocycles. The summed E-state index contributed by atoms with van der Waals surface area (Å²) in [4.78, 5) is 3.43. The van der Waals surface area contributed by atoms with Gasteiger partial charge in [0.15, 0.2) is 11.5 Å². The van der Waals surface area contributed by atoms with Gasteiger partial charge in [-0.2, -0.15) is 0 Å². The Morgan fingerprint density at radius 3 is 2.18 bits per heavy atom. The van der Waals surface area contributed by atoms with Crippen LogP contribution in [0.4, 0.5) is 0 Å². The maximum atomic E-state index is 5.56. The van der Waals surface area contributed by atoms with Gasteiger partial charge in [-0.3, -0.25) is 0 Å². The van der Waals surface area contributed by atoms with E-state index in [4.69, 9.17) is 14.2 Å². The van der Waals surface area contributed by atoms with E-state index in [0.717, 1.165) is 16.4 Å². The van der Waals surface area contributed by atoms with E-state index >= 15 is 0 Å². The molecule has 0 atom stereocenters. The summed E-state index contributed by atoms with van der Waals surface area (Å²) < 4.78 is 16.5. The van der Waals surface area contributed by atoms with Gasteiger partial charge in [0.25, 0.3) is 0 Å². The Morgan fingerprint density at radius 2 is 1.59 bits per heavy atom. The number of hydrogen-bond donors (Lipinski definition) is 1. The predicted octanol–water partition coefficient (Wildman–Crippen LogP) is 4.47. The number of benzene rings is 2. The molecule has 0 radical (unpaired) electrons. The summed E-state index contributed by atoms with van der Waals surface area (Å²) in [6, 6.07) is 8.50. The minimum atomic E-state index is 0.483. The lowest BCUT2D eigenvalue weighted by molar-refractivity contribution is 0.327. The van der Waals surface area contributed by atoms with Gasteiger partial charge in [0, 0.05) is 16.3 Å². The molecule has 4 nitrogen and oxygen atoms in total. The number of ether oxygens (including phenoxy) is 3. The molecule has 2 aromatic carbocycles. The molecule has 0 aliphatic carbocycles. The van der Waals surface area contributed by atoms with E-state index in [1.54, 1.807) is 21.3 Å². The van der Waals surface area contributed by atoms with Crippen LogP contribution in [0, 0.1) is 0 Å². The zero-order chi connectivity index (χ0) is 15.9. The molecule has 22 heavy (non-hydrogen) atoms. The quantitative estimate of drug-likeness (QED) is 0.773. The highest BCUT2D eigenvalue weighted by Crippen LogP contribution is 2.45. The molecule has 3 rings (SSSR count). The van der Waals surface area contributed by atoms with Crippen molar-refractivity contribution in [3.05, 3.63) is 29.8 Å². The van der Waals surface area contributed by atoms with Crippen LogP contribution in [-0.2, 0) is 0 Å². The Balaban J connectivity index is 2.42. The van der Waals surface area contributed by atoms with Gasteiger partial charge in [-0.15, -0.1) is 0 Å². The normalized spacial score (nSPS) is 11.4. The summed E-state index contributed by atoms with van der Waals surface area (Å²) in [5, 5.41) is 2.24. The Labute approximate surface area is 130 Å². The summed E-state index contributed by atoms with van der Waals surface area (Å²) in [7, 11) is 4.89. The minimum absolute atomic E-state index is 0.483. The van der Waals surface area contributed by atoms with Crippen LogP contribution in [0.15, 0.2) is 24.3 Å². The van der Waals surface area contributed by atoms with Crippen molar-refractivity contribution < 1.29 is 14.2 Å². The fraction of sp³-hybridized carbons (Fsp3) is 0.333. The van der Waals surface area contributed by atoms with Crippen LogP contribution >= 0.6 is 0 Å². The van der Waals surface area contributed by atoms with Gasteiger partial charge in [0.1, 0.15) is 0 Å². The van der Waals surface area contributed by atoms with Gasteiger partial charge in [0.2, 0.25) is 5.75 Å². The number of rotatable bonds is 4. The molecule has 4 heteroatoms. The van der Waals surface area contributed by atoms with Crippen molar-refractivity contribution in [2.45, 2.75) is 19.8 Å². The van der Waals surface area contributed by atoms with Crippen molar-refractivity contribution in [3.8, 4) is 17.2 Å². The molecule has 0 spiro atoms. The van der Waals surface area contributed by atoms with Gasteiger partial charge < -0.3 is 19.2 Å². The van der Waals surface area contributed by atoms with Gasteiger partial charge in [0.05, 0.1) is 26.8 Å². The van der Waals surface area contributed by atoms with Gasteiger partial charge in [-0.1, -0.05) is 19.9 Å². The lowest BCUT2D eigenvalue weighted by Crippen LogP contribution is -1.95. The highest BCUT2D eigenvalue weighted by atomic mass is 16.5. The minimum Gasteiger partial charge on any atom is -0.493 e. The molecule has 0 aliphatic heterocycles. The van der Waals surface area contributed by atoms with E-state index in [1.165, 1.54) is 10.9 Å². The third-order valence-corrected chi connectivity index (χ3v) is 4.09. The largest absolute Gasteiger partial charge is 0.493 e. The van der Waals surface area contributed by atoms with Crippen molar-refractivity contribution in [2.75, 3.05) is 21.3 Å². The number of H-pyrrole nitrogens is 1. The SMILES string of the molecule is COc1cc2c([nH]c3ccc(C(C)C)cc32)c(OC)c1OC. The lowest BCUT2D eigenvalue weighted by atomic mass is 10.0. The van der Waals surface area contributed by atoms with Gasteiger partial charge >= 0.3 is 0 Å². The fourth-order valence-electron chi connectivity index (χ4n) is 2.88. The van der Waals surface area contributed by atoms with E-state index < -0.39 is 0 Å². The molecule has 1 heterocycles. The average molecular weight is 299 g/mol. The highest BCUT2D eigenvalue weighted by molar-refractivity contribution is 6.11. The molecule has 3 aromatic rings. The van der Waals surface area contributed by atoms with E-state index in [-0.39, 0.29) is 0 Å². The molecular formula is C18H21NO3. The van der Waals surface area contributed by atoms with E-state index in [1.807, 2.05) is 6.07 Å². The van der Waals surface area contributed by atoms with Crippen LogP contribution in [-0.4, -0.2) is 26.3 Å². The number of aromatic nitrogens is 1. The van der Waals surface area contributed by atoms with Crippen LogP contribution in [0.25, 0.3) is 21.8 Å². The molecule has 0 saturated heterocycles. The summed E-state index contributed by atoms with van der Waals surface area (Å²) in [5.74, 6) is 2.42. The van der Waals surface area contributed by atoms with Crippen molar-refractivity contribution in [2.24, 2.45) is 0 Å². The number of methoxy groups -OCH3 is 3. The molecule has 0 fully saturated rings. The summed E-state index contributed by atoms with van der Waals surface area (Å²) in [6.45, 7) is 4.39. The van der Waals surface area contributed by atoms with E-state index in [9.17, 15) is 0 Å². The molecule has 0 unspecified atom stereocenters. The molecule has 0 amide bonds. The standard InChI is InChI=1S/C18H21NO3/c1-10(2)11-6-7-14-12(8-11)13-9-15(20-3)17(21-4)18(22-5)16(13)19-14/h6-10,19H,1-5H3. The second-order valence-electron chi connectivity index (χ2n) is 5.65. The number of hydrogen-bond acceptors (Lipinski definition) is 3. The van der Waals surface area contributed by atoms with Crippen LogP contribution in [0.5, 0.6) is 17.2 Å². The summed E-state index contributed by atoms with van der Waals surface area (Å²) in [5.41, 5.74) is 3.31. The molecule has 1 aromatic heterocycles. The van der Waals surface area contributed by atoms with Crippen LogP contribution in [0.1, 0.15) is 25.3 Å². The number of fused-ring (bicyclic) bond motifs is 3. The fourth-order valence-corrected chi connectivity index (χ4v) is 2.88. The Morgan fingerprint density at radius 1 is 0.864 bits per heavy atom. The second-order valence-corrected chi connectivity index (χ2v) is 5.65. The van der Waals surface area contributed by atoms with E-state index in [0.29, 0.717) is 23.2 Å². The van der Waals surface area contributed by atoms with Crippen molar-refractivity contribution >= 4 is 21.8 Å². The first-order valence-corrected chi connectivity index (χ1v) is 7.35. The predicted molar refractivity (Wildman–Crippen MR) is 89.5 cm³/mol. The Hall–Kier alpha value is -2.36. The number of nitrogens with one attached hydrogen (secondary N) is 1. The van der Waals surface area contributed by atoms with Crippen molar-refractivity contribution in [1.82, 2.24) is 4.98 Å². The molecule has 1 N–H and O–H groups in total. The first kappa shape index (κ1) is 14.6. The smallest absolute Gasteiger partial charge is 0.205 e. The third kappa shape index (κ3) is 2.06. The highest BCUT2D eigenvalue weighted by Gasteiger charge is 2.19. The number of aromatic amines is 1. The van der Waals surface area contributed by atoms with Gasteiger partial charge in [-0.05, 0) is 29.7 Å². The van der Waals surface area contributed by atoms with Crippen LogP contribution in [0.2, 0.25) is 0 Å².